The number of aromatic nitrogens is 1. The van der Waals surface area contributed by atoms with E-state index in [0.717, 1.165) is 16.5 Å². The van der Waals surface area contributed by atoms with Gasteiger partial charge in [-0.2, -0.15) is 0 Å². The zero-order chi connectivity index (χ0) is 16.9. The maximum absolute atomic E-state index is 12.2. The van der Waals surface area contributed by atoms with Crippen LogP contribution in [0.1, 0.15) is 12.0 Å². The third-order valence-electron chi connectivity index (χ3n) is 3.67. The summed E-state index contributed by atoms with van der Waals surface area (Å²) in [7, 11) is 0. The second-order valence-corrected chi connectivity index (χ2v) is 5.36. The third kappa shape index (κ3) is 3.55. The standard InChI is InChI=1S/C18H15N3O3/c22-17(10-9-13-4-1-7-15(12-13)21(23)24)20-16-8-2-5-14-6-3-11-19-18(14)16/h1-8,11-12H,9-10H2,(H,20,22). The molecule has 0 fully saturated rings. The number of non-ortho nitro benzene ring substituents is 1. The largest absolute Gasteiger partial charge is 0.324 e. The maximum atomic E-state index is 12.2. The Morgan fingerprint density at radius 2 is 1.92 bits per heavy atom. The summed E-state index contributed by atoms with van der Waals surface area (Å²) in [5.74, 6) is -0.153. The van der Waals surface area contributed by atoms with Crippen molar-refractivity contribution in [2.75, 3.05) is 5.32 Å². The molecule has 1 aromatic heterocycles. The number of carbonyl (C=O) groups excluding carboxylic acids is 1. The van der Waals surface area contributed by atoms with Gasteiger partial charge in [0.15, 0.2) is 0 Å². The smallest absolute Gasteiger partial charge is 0.269 e. The lowest BCUT2D eigenvalue weighted by molar-refractivity contribution is -0.384. The molecule has 1 heterocycles. The van der Waals surface area contributed by atoms with E-state index in [-0.39, 0.29) is 18.0 Å². The number of nitro groups is 1. The lowest BCUT2D eigenvalue weighted by atomic mass is 10.1. The topological polar surface area (TPSA) is 85.1 Å². The van der Waals surface area contributed by atoms with Crippen molar-refractivity contribution in [3.05, 3.63) is 76.5 Å². The van der Waals surface area contributed by atoms with E-state index in [1.54, 1.807) is 24.4 Å². The Kier molecular flexibility index (Phi) is 4.47. The van der Waals surface area contributed by atoms with E-state index in [1.807, 2.05) is 24.3 Å². The van der Waals surface area contributed by atoms with E-state index in [1.165, 1.54) is 12.1 Å². The normalized spacial score (nSPS) is 10.5. The van der Waals surface area contributed by atoms with E-state index >= 15 is 0 Å². The van der Waals surface area contributed by atoms with E-state index in [4.69, 9.17) is 0 Å². The van der Waals surface area contributed by atoms with Crippen molar-refractivity contribution in [2.24, 2.45) is 0 Å². The van der Waals surface area contributed by atoms with Crippen molar-refractivity contribution in [2.45, 2.75) is 12.8 Å². The van der Waals surface area contributed by atoms with Crippen molar-refractivity contribution in [1.29, 1.82) is 0 Å². The van der Waals surface area contributed by atoms with E-state index in [0.29, 0.717) is 12.1 Å². The first-order valence-electron chi connectivity index (χ1n) is 7.50. The first-order valence-corrected chi connectivity index (χ1v) is 7.50. The molecule has 1 amide bonds. The zero-order valence-corrected chi connectivity index (χ0v) is 12.8. The molecule has 0 aliphatic heterocycles. The fraction of sp³-hybridized carbons (Fsp3) is 0.111. The van der Waals surface area contributed by atoms with Crippen LogP contribution in [-0.2, 0) is 11.2 Å². The van der Waals surface area contributed by atoms with Crippen LogP contribution in [0, 0.1) is 10.1 Å². The summed E-state index contributed by atoms with van der Waals surface area (Å²) in [5.41, 5.74) is 2.20. The lowest BCUT2D eigenvalue weighted by Crippen LogP contribution is -2.12. The van der Waals surface area contributed by atoms with Gasteiger partial charge in [-0.05, 0) is 24.1 Å². The van der Waals surface area contributed by atoms with Gasteiger partial charge in [0.2, 0.25) is 5.91 Å². The second kappa shape index (κ2) is 6.87. The summed E-state index contributed by atoms with van der Waals surface area (Å²) in [4.78, 5) is 26.8. The van der Waals surface area contributed by atoms with Gasteiger partial charge in [0.05, 0.1) is 16.1 Å². The molecule has 3 rings (SSSR count). The minimum atomic E-state index is -0.439. The van der Waals surface area contributed by atoms with E-state index < -0.39 is 4.92 Å². The molecule has 0 radical (unpaired) electrons. The van der Waals surface area contributed by atoms with Gasteiger partial charge in [-0.25, -0.2) is 0 Å². The molecule has 6 nitrogen and oxygen atoms in total. The molecule has 0 bridgehead atoms. The Bertz CT molecular complexity index is 903. The fourth-order valence-electron chi connectivity index (χ4n) is 2.50. The number of carbonyl (C=O) groups is 1. The molecule has 0 aliphatic carbocycles. The Morgan fingerprint density at radius 1 is 1.12 bits per heavy atom. The molecule has 6 heteroatoms. The SMILES string of the molecule is O=C(CCc1cccc([N+](=O)[O-])c1)Nc1cccc2cccnc12. The monoisotopic (exact) mass is 321 g/mol. The van der Waals surface area contributed by atoms with Crippen molar-refractivity contribution in [1.82, 2.24) is 4.98 Å². The lowest BCUT2D eigenvalue weighted by Gasteiger charge is -2.08. The quantitative estimate of drug-likeness (QED) is 0.573. The average Bonchev–Trinajstić information content (AvgIpc) is 2.60. The molecular weight excluding hydrogens is 306 g/mol. The number of pyridine rings is 1. The Labute approximate surface area is 138 Å². The number of benzene rings is 2. The Balaban J connectivity index is 1.67. The molecule has 120 valence electrons. The van der Waals surface area contributed by atoms with Gasteiger partial charge in [-0.1, -0.05) is 30.3 Å². The van der Waals surface area contributed by atoms with Crippen LogP contribution in [0.3, 0.4) is 0 Å². The number of amides is 1. The van der Waals surface area contributed by atoms with Gasteiger partial charge < -0.3 is 5.32 Å². The number of rotatable bonds is 5. The first kappa shape index (κ1) is 15.6. The molecule has 0 spiro atoms. The van der Waals surface area contributed by atoms with Gasteiger partial charge >= 0.3 is 0 Å². The highest BCUT2D eigenvalue weighted by Gasteiger charge is 2.09. The highest BCUT2D eigenvalue weighted by molar-refractivity contribution is 6.00. The Morgan fingerprint density at radius 3 is 2.75 bits per heavy atom. The highest BCUT2D eigenvalue weighted by Crippen LogP contribution is 2.21. The van der Waals surface area contributed by atoms with E-state index in [9.17, 15) is 14.9 Å². The molecule has 1 N–H and O–H groups in total. The predicted octanol–water partition coefficient (Wildman–Crippen LogP) is 3.71. The number of nitrogens with zero attached hydrogens (tertiary/aromatic N) is 2. The molecule has 0 atom stereocenters. The number of fused-ring (bicyclic) bond motifs is 1. The van der Waals surface area contributed by atoms with Crippen molar-refractivity contribution in [3.8, 4) is 0 Å². The van der Waals surface area contributed by atoms with Crippen LogP contribution in [0.25, 0.3) is 10.9 Å². The molecule has 24 heavy (non-hydrogen) atoms. The predicted molar refractivity (Wildman–Crippen MR) is 91.8 cm³/mol. The summed E-state index contributed by atoms with van der Waals surface area (Å²) in [6.45, 7) is 0. The average molecular weight is 321 g/mol. The van der Waals surface area contributed by atoms with Crippen LogP contribution in [0.15, 0.2) is 60.8 Å². The first-order chi connectivity index (χ1) is 11.6. The minimum Gasteiger partial charge on any atom is -0.324 e. The van der Waals surface area contributed by atoms with Gasteiger partial charge in [0, 0.05) is 30.1 Å². The number of nitrogens with one attached hydrogen (secondary N) is 1. The number of nitro benzene ring substituents is 1. The van der Waals surface area contributed by atoms with Crippen LogP contribution in [0.5, 0.6) is 0 Å². The molecular formula is C18H15N3O3. The van der Waals surface area contributed by atoms with Crippen molar-refractivity contribution >= 4 is 28.2 Å². The van der Waals surface area contributed by atoms with Gasteiger partial charge in [-0.3, -0.25) is 19.9 Å². The maximum Gasteiger partial charge on any atom is 0.269 e. The van der Waals surface area contributed by atoms with Crippen LogP contribution >= 0.6 is 0 Å². The van der Waals surface area contributed by atoms with Crippen LogP contribution in [-0.4, -0.2) is 15.8 Å². The highest BCUT2D eigenvalue weighted by atomic mass is 16.6. The molecule has 0 saturated heterocycles. The number of anilines is 1. The molecule has 3 aromatic rings. The van der Waals surface area contributed by atoms with Gasteiger partial charge in [0.1, 0.15) is 0 Å². The summed E-state index contributed by atoms with van der Waals surface area (Å²) in [6, 6.07) is 15.7. The third-order valence-corrected chi connectivity index (χ3v) is 3.67. The van der Waals surface area contributed by atoms with Gasteiger partial charge in [0.25, 0.3) is 5.69 Å². The van der Waals surface area contributed by atoms with E-state index in [2.05, 4.69) is 10.3 Å². The Hall–Kier alpha value is -3.28. The summed E-state index contributed by atoms with van der Waals surface area (Å²) in [6.07, 6.45) is 2.36. The number of hydrogen-bond donors (Lipinski definition) is 1. The fourth-order valence-corrected chi connectivity index (χ4v) is 2.50. The van der Waals surface area contributed by atoms with Gasteiger partial charge in [-0.15, -0.1) is 0 Å². The van der Waals surface area contributed by atoms with Crippen LogP contribution in [0.4, 0.5) is 11.4 Å². The minimum absolute atomic E-state index is 0.0335. The molecule has 2 aromatic carbocycles. The number of hydrogen-bond acceptors (Lipinski definition) is 4. The van der Waals surface area contributed by atoms with Crippen molar-refractivity contribution < 1.29 is 9.72 Å². The van der Waals surface area contributed by atoms with Crippen LogP contribution in [0.2, 0.25) is 0 Å². The number of para-hydroxylation sites is 1. The summed E-state index contributed by atoms with van der Waals surface area (Å²) < 4.78 is 0. The molecule has 0 saturated carbocycles. The molecule has 0 unspecified atom stereocenters. The number of aryl methyl sites for hydroxylation is 1. The van der Waals surface area contributed by atoms with Crippen LogP contribution < -0.4 is 5.32 Å². The summed E-state index contributed by atoms with van der Waals surface area (Å²) in [5, 5.41) is 14.6. The second-order valence-electron chi connectivity index (χ2n) is 5.36. The zero-order valence-electron chi connectivity index (χ0n) is 12.8. The van der Waals surface area contributed by atoms with Crippen molar-refractivity contribution in [3.63, 3.8) is 0 Å². The molecule has 0 aliphatic rings. The summed E-state index contributed by atoms with van der Waals surface area (Å²) >= 11 is 0.